The van der Waals surface area contributed by atoms with Gasteiger partial charge in [0.2, 0.25) is 0 Å². The van der Waals surface area contributed by atoms with Gasteiger partial charge in [-0.05, 0) is 39.8 Å². The third kappa shape index (κ3) is 5.80. The lowest BCUT2D eigenvalue weighted by atomic mass is 9.88. The maximum Gasteiger partial charge on any atom is 0.459 e. The van der Waals surface area contributed by atoms with Crippen molar-refractivity contribution in [2.24, 2.45) is 5.73 Å². The van der Waals surface area contributed by atoms with Crippen LogP contribution in [0.15, 0.2) is 42.9 Å². The van der Waals surface area contributed by atoms with E-state index in [9.17, 15) is 14.5 Å². The molecule has 0 spiro atoms. The Morgan fingerprint density at radius 3 is 2.68 bits per heavy atom. The highest BCUT2D eigenvalue weighted by Gasteiger charge is 2.53. The van der Waals surface area contributed by atoms with Crippen molar-refractivity contribution in [3.05, 3.63) is 48.5 Å². The lowest BCUT2D eigenvalue weighted by Crippen LogP contribution is -2.51. The molecule has 0 aliphatic carbocycles. The van der Waals surface area contributed by atoms with Crippen LogP contribution in [-0.4, -0.2) is 67.2 Å². The molecule has 1 aliphatic heterocycles. The predicted molar refractivity (Wildman–Crippen MR) is 136 cm³/mol. The van der Waals surface area contributed by atoms with Gasteiger partial charge in [-0.25, -0.2) is 19.0 Å². The van der Waals surface area contributed by atoms with Gasteiger partial charge in [-0.15, -0.1) is 0 Å². The molecule has 1 saturated heterocycles. The number of hydrogen-bond acceptors (Lipinski definition) is 12. The molecule has 0 bridgehead atoms. The van der Waals surface area contributed by atoms with Gasteiger partial charge in [-0.3, -0.25) is 9.32 Å². The Morgan fingerprint density at radius 1 is 1.29 bits per heavy atom. The summed E-state index contributed by atoms with van der Waals surface area (Å²) in [6.07, 6.45) is -0.764. The second-order valence-electron chi connectivity index (χ2n) is 9.46. The number of rotatable bonds is 10. The van der Waals surface area contributed by atoms with Crippen molar-refractivity contribution in [3.63, 3.8) is 0 Å². The fourth-order valence-electron chi connectivity index (χ4n) is 4.01. The summed E-state index contributed by atoms with van der Waals surface area (Å²) in [5, 5.41) is 17.8. The molecule has 6 atom stereocenters. The van der Waals surface area contributed by atoms with Crippen molar-refractivity contribution < 1.29 is 33.0 Å². The van der Waals surface area contributed by atoms with Gasteiger partial charge in [-0.2, -0.15) is 10.2 Å². The number of aliphatic hydroxyl groups excluding tert-OH is 1. The average molecular weight is 550 g/mol. The number of aromatic nitrogens is 4. The summed E-state index contributed by atoms with van der Waals surface area (Å²) in [6, 6.07) is 7.28. The van der Waals surface area contributed by atoms with Gasteiger partial charge in [0.05, 0.1) is 30.1 Å². The standard InChI is InChI=1S/C23H32N7O7P/c1-13(2)35-22(32)14(3)29-38(33,37-15-8-6-5-7-9-15)34-11-17-18(31)23(4,25)19(36-17)16-10-26-21-20(24)27-12-28-30(16)21/h5-10,12-14,17-19,31H,11,25H2,1-4H3,(H,29,33)(H2,24,27,28)/t14-,17+,18+,19+,23+,38?/m0/s1. The van der Waals surface area contributed by atoms with Gasteiger partial charge in [0.25, 0.3) is 0 Å². The van der Waals surface area contributed by atoms with Crippen LogP contribution in [0, 0.1) is 0 Å². The Bertz CT molecular complexity index is 1320. The molecule has 1 unspecified atom stereocenters. The molecule has 38 heavy (non-hydrogen) atoms. The number of ether oxygens (including phenoxy) is 2. The van der Waals surface area contributed by atoms with Crippen LogP contribution in [0.1, 0.15) is 39.5 Å². The third-order valence-electron chi connectivity index (χ3n) is 5.93. The van der Waals surface area contributed by atoms with Crippen molar-refractivity contribution in [1.82, 2.24) is 24.7 Å². The zero-order chi connectivity index (χ0) is 27.7. The minimum absolute atomic E-state index is 0.165. The summed E-state index contributed by atoms with van der Waals surface area (Å²) in [4.78, 5) is 20.5. The topological polar surface area (TPSA) is 198 Å². The van der Waals surface area contributed by atoms with E-state index in [-0.39, 0.29) is 24.3 Å². The first-order valence-corrected chi connectivity index (χ1v) is 13.5. The number of esters is 1. The molecule has 0 amide bonds. The van der Waals surface area contributed by atoms with Gasteiger partial charge >= 0.3 is 13.7 Å². The highest BCUT2D eigenvalue weighted by molar-refractivity contribution is 7.52. The molecule has 6 N–H and O–H groups in total. The van der Waals surface area contributed by atoms with E-state index >= 15 is 0 Å². The number of para-hydroxylation sites is 1. The van der Waals surface area contributed by atoms with Crippen LogP contribution in [0.25, 0.3) is 5.65 Å². The molecule has 206 valence electrons. The van der Waals surface area contributed by atoms with E-state index in [1.54, 1.807) is 51.1 Å². The van der Waals surface area contributed by atoms with E-state index in [1.807, 2.05) is 0 Å². The van der Waals surface area contributed by atoms with Crippen molar-refractivity contribution in [2.75, 3.05) is 12.3 Å². The van der Waals surface area contributed by atoms with E-state index in [4.69, 9.17) is 30.0 Å². The highest BCUT2D eigenvalue weighted by atomic mass is 31.2. The first-order chi connectivity index (χ1) is 17.9. The van der Waals surface area contributed by atoms with Gasteiger partial charge in [0, 0.05) is 0 Å². The number of aliphatic hydroxyl groups is 1. The fraction of sp³-hybridized carbons (Fsp3) is 0.478. The Labute approximate surface area is 219 Å². The Balaban J connectivity index is 1.54. The number of anilines is 1. The number of benzene rings is 1. The summed E-state index contributed by atoms with van der Waals surface area (Å²) >= 11 is 0. The molecule has 0 saturated carbocycles. The number of nitrogen functional groups attached to an aromatic ring is 1. The summed E-state index contributed by atoms with van der Waals surface area (Å²) in [5.74, 6) is -0.232. The molecule has 1 aromatic carbocycles. The average Bonchev–Trinajstić information content (AvgIpc) is 3.37. The van der Waals surface area contributed by atoms with Crippen molar-refractivity contribution in [3.8, 4) is 5.75 Å². The molecule has 3 aromatic rings. The fourth-order valence-corrected chi connectivity index (χ4v) is 5.51. The molecule has 1 aliphatic rings. The number of nitrogens with two attached hydrogens (primary N) is 2. The largest absolute Gasteiger partial charge is 0.462 e. The second-order valence-corrected chi connectivity index (χ2v) is 11.2. The molecule has 14 nitrogen and oxygen atoms in total. The first kappa shape index (κ1) is 27.9. The number of carbonyl (C=O) groups is 1. The number of carbonyl (C=O) groups excluding carboxylic acids is 1. The Kier molecular flexibility index (Phi) is 8.02. The van der Waals surface area contributed by atoms with Crippen LogP contribution in [0.5, 0.6) is 5.75 Å². The number of nitrogens with one attached hydrogen (secondary N) is 1. The number of nitrogens with zero attached hydrogens (tertiary/aromatic N) is 4. The van der Waals surface area contributed by atoms with Crippen LogP contribution in [-0.2, 0) is 23.4 Å². The zero-order valence-corrected chi connectivity index (χ0v) is 22.3. The number of hydrogen-bond donors (Lipinski definition) is 4. The number of imidazole rings is 1. The van der Waals surface area contributed by atoms with E-state index in [0.29, 0.717) is 11.3 Å². The molecule has 2 aromatic heterocycles. The lowest BCUT2D eigenvalue weighted by molar-refractivity contribution is -0.149. The monoisotopic (exact) mass is 549 g/mol. The third-order valence-corrected chi connectivity index (χ3v) is 7.57. The van der Waals surface area contributed by atoms with Gasteiger partial charge < -0.3 is 30.6 Å². The van der Waals surface area contributed by atoms with E-state index in [1.165, 1.54) is 24.0 Å². The van der Waals surface area contributed by atoms with Crippen LogP contribution < -0.4 is 21.1 Å². The molecule has 1 fully saturated rings. The summed E-state index contributed by atoms with van der Waals surface area (Å²) in [6.45, 7) is 6.09. The quantitative estimate of drug-likeness (QED) is 0.209. The first-order valence-electron chi connectivity index (χ1n) is 12.0. The zero-order valence-electron chi connectivity index (χ0n) is 21.4. The van der Waals surface area contributed by atoms with Crippen LogP contribution in [0.3, 0.4) is 0 Å². The number of fused-ring (bicyclic) bond motifs is 1. The lowest BCUT2D eigenvalue weighted by Gasteiger charge is -2.27. The summed E-state index contributed by atoms with van der Waals surface area (Å²) in [7, 11) is -4.18. The van der Waals surface area contributed by atoms with Gasteiger partial charge in [0.15, 0.2) is 11.5 Å². The molecular formula is C23H32N7O7P. The second kappa shape index (κ2) is 10.9. The summed E-state index contributed by atoms with van der Waals surface area (Å²) < 4.78 is 37.8. The smallest absolute Gasteiger partial charge is 0.459 e. The van der Waals surface area contributed by atoms with E-state index in [0.717, 1.165) is 0 Å². The van der Waals surface area contributed by atoms with Crippen LogP contribution in [0.2, 0.25) is 0 Å². The van der Waals surface area contributed by atoms with Crippen molar-refractivity contribution >= 4 is 25.2 Å². The minimum Gasteiger partial charge on any atom is -0.462 e. The van der Waals surface area contributed by atoms with E-state index in [2.05, 4.69) is 20.2 Å². The van der Waals surface area contributed by atoms with E-state index < -0.39 is 43.6 Å². The van der Waals surface area contributed by atoms with Crippen LogP contribution >= 0.6 is 7.75 Å². The van der Waals surface area contributed by atoms with Gasteiger partial charge in [-0.1, -0.05) is 18.2 Å². The Hall–Kier alpha value is -3.13. The summed E-state index contributed by atoms with van der Waals surface area (Å²) in [5.41, 5.74) is 11.8. The molecule has 15 heteroatoms. The predicted octanol–water partition coefficient (Wildman–Crippen LogP) is 1.36. The minimum atomic E-state index is -4.18. The Morgan fingerprint density at radius 2 is 2.00 bits per heavy atom. The molecule has 3 heterocycles. The maximum atomic E-state index is 13.8. The molecule has 4 rings (SSSR count). The van der Waals surface area contributed by atoms with Crippen molar-refractivity contribution in [1.29, 1.82) is 0 Å². The van der Waals surface area contributed by atoms with Crippen molar-refractivity contribution in [2.45, 2.75) is 63.7 Å². The SMILES string of the molecule is CC(C)OC(=O)[C@H](C)NP(=O)(OC[C@H]1O[C@H](c2cnc3c(N)ncnn23)[C@](C)(N)[C@@H]1O)Oc1ccccc1. The highest BCUT2D eigenvalue weighted by Crippen LogP contribution is 2.47. The van der Waals surface area contributed by atoms with Gasteiger partial charge in [0.1, 0.15) is 36.4 Å². The molecular weight excluding hydrogens is 517 g/mol. The maximum absolute atomic E-state index is 13.8. The molecule has 0 radical (unpaired) electrons. The normalized spacial score (nSPS) is 25.8. The van der Waals surface area contributed by atoms with Crippen LogP contribution in [0.4, 0.5) is 5.82 Å².